The molecule has 1 rings (SSSR count). The van der Waals surface area contributed by atoms with E-state index in [0.29, 0.717) is 12.5 Å². The summed E-state index contributed by atoms with van der Waals surface area (Å²) in [5, 5.41) is 5.97. The van der Waals surface area contributed by atoms with Crippen molar-refractivity contribution in [1.29, 1.82) is 0 Å². The van der Waals surface area contributed by atoms with Gasteiger partial charge in [0.15, 0.2) is 6.61 Å². The highest BCUT2D eigenvalue weighted by atomic mass is 16.5. The van der Waals surface area contributed by atoms with E-state index in [4.69, 9.17) is 4.74 Å². The Labute approximate surface area is 121 Å². The zero-order chi connectivity index (χ0) is 15.0. The Morgan fingerprint density at radius 1 is 1.35 bits per heavy atom. The zero-order valence-electron chi connectivity index (χ0n) is 13.0. The van der Waals surface area contributed by atoms with E-state index >= 15 is 0 Å². The highest BCUT2D eigenvalue weighted by Gasteiger charge is 2.07. The number of carbonyl (C=O) groups excluding carboxylic acids is 1. The Bertz CT molecular complexity index is 430. The van der Waals surface area contributed by atoms with Crippen molar-refractivity contribution in [3.05, 3.63) is 29.3 Å². The summed E-state index contributed by atoms with van der Waals surface area (Å²) in [5.41, 5.74) is 2.26. The first-order valence-corrected chi connectivity index (χ1v) is 7.16. The van der Waals surface area contributed by atoms with Gasteiger partial charge in [0.2, 0.25) is 0 Å². The molecule has 0 bridgehead atoms. The minimum absolute atomic E-state index is 0.0673. The van der Waals surface area contributed by atoms with Gasteiger partial charge in [-0.25, -0.2) is 0 Å². The van der Waals surface area contributed by atoms with Crippen LogP contribution in [0.25, 0.3) is 0 Å². The fourth-order valence-corrected chi connectivity index (χ4v) is 1.87. The maximum absolute atomic E-state index is 11.7. The SMILES string of the molecule is CNCc1cc(C)ccc1OCC(=O)NCCC(C)C. The predicted octanol–water partition coefficient (Wildman–Crippen LogP) is 2.26. The van der Waals surface area contributed by atoms with Crippen LogP contribution in [-0.2, 0) is 11.3 Å². The lowest BCUT2D eigenvalue weighted by Gasteiger charge is -2.12. The molecule has 0 spiro atoms. The summed E-state index contributed by atoms with van der Waals surface area (Å²) in [5.74, 6) is 1.29. The smallest absolute Gasteiger partial charge is 0.257 e. The first-order chi connectivity index (χ1) is 9.52. The number of carbonyl (C=O) groups is 1. The lowest BCUT2D eigenvalue weighted by molar-refractivity contribution is -0.123. The van der Waals surface area contributed by atoms with E-state index < -0.39 is 0 Å². The Morgan fingerprint density at radius 3 is 2.75 bits per heavy atom. The molecule has 0 fully saturated rings. The van der Waals surface area contributed by atoms with Crippen LogP contribution in [-0.4, -0.2) is 26.1 Å². The second-order valence-electron chi connectivity index (χ2n) is 5.46. The molecular weight excluding hydrogens is 252 g/mol. The summed E-state index contributed by atoms with van der Waals surface area (Å²) >= 11 is 0. The molecule has 0 unspecified atom stereocenters. The topological polar surface area (TPSA) is 50.4 Å². The molecule has 1 aromatic rings. The molecule has 1 aromatic carbocycles. The molecule has 0 saturated heterocycles. The highest BCUT2D eigenvalue weighted by Crippen LogP contribution is 2.19. The Morgan fingerprint density at radius 2 is 2.10 bits per heavy atom. The molecule has 1 amide bonds. The fraction of sp³-hybridized carbons (Fsp3) is 0.562. The number of rotatable bonds is 8. The molecule has 0 atom stereocenters. The van der Waals surface area contributed by atoms with Gasteiger partial charge in [0.05, 0.1) is 0 Å². The van der Waals surface area contributed by atoms with Crippen LogP contribution in [0.2, 0.25) is 0 Å². The van der Waals surface area contributed by atoms with Gasteiger partial charge in [-0.15, -0.1) is 0 Å². The number of aryl methyl sites for hydroxylation is 1. The number of hydrogen-bond donors (Lipinski definition) is 2. The van der Waals surface area contributed by atoms with Crippen molar-refractivity contribution in [3.63, 3.8) is 0 Å². The van der Waals surface area contributed by atoms with Crippen LogP contribution in [0.1, 0.15) is 31.4 Å². The molecule has 4 nitrogen and oxygen atoms in total. The van der Waals surface area contributed by atoms with Gasteiger partial charge in [-0.05, 0) is 32.4 Å². The second kappa shape index (κ2) is 8.59. The van der Waals surface area contributed by atoms with Crippen molar-refractivity contribution in [2.24, 2.45) is 5.92 Å². The normalized spacial score (nSPS) is 10.7. The predicted molar refractivity (Wildman–Crippen MR) is 81.9 cm³/mol. The van der Waals surface area contributed by atoms with Gasteiger partial charge < -0.3 is 15.4 Å². The van der Waals surface area contributed by atoms with Crippen LogP contribution < -0.4 is 15.4 Å². The average Bonchev–Trinajstić information content (AvgIpc) is 2.37. The van der Waals surface area contributed by atoms with Crippen LogP contribution in [0.4, 0.5) is 0 Å². The number of hydrogen-bond acceptors (Lipinski definition) is 3. The first kappa shape index (κ1) is 16.5. The number of amides is 1. The van der Waals surface area contributed by atoms with Crippen molar-refractivity contribution in [2.45, 2.75) is 33.7 Å². The van der Waals surface area contributed by atoms with Crippen LogP contribution in [0.3, 0.4) is 0 Å². The zero-order valence-corrected chi connectivity index (χ0v) is 13.0. The van der Waals surface area contributed by atoms with Gasteiger partial charge in [0.25, 0.3) is 5.91 Å². The second-order valence-corrected chi connectivity index (χ2v) is 5.46. The Hall–Kier alpha value is -1.55. The van der Waals surface area contributed by atoms with Crippen molar-refractivity contribution < 1.29 is 9.53 Å². The van der Waals surface area contributed by atoms with Crippen LogP contribution in [0.5, 0.6) is 5.75 Å². The maximum atomic E-state index is 11.7. The van der Waals surface area contributed by atoms with Crippen molar-refractivity contribution in [2.75, 3.05) is 20.2 Å². The van der Waals surface area contributed by atoms with Gasteiger partial charge in [0.1, 0.15) is 5.75 Å². The summed E-state index contributed by atoms with van der Waals surface area (Å²) in [6.07, 6.45) is 0.987. The lowest BCUT2D eigenvalue weighted by Crippen LogP contribution is -2.30. The molecule has 0 aliphatic rings. The molecule has 0 heterocycles. The third kappa shape index (κ3) is 6.06. The summed E-state index contributed by atoms with van der Waals surface area (Å²) in [6, 6.07) is 5.98. The largest absolute Gasteiger partial charge is 0.483 e. The third-order valence-corrected chi connectivity index (χ3v) is 2.99. The van der Waals surface area contributed by atoms with Gasteiger partial charge in [-0.1, -0.05) is 31.5 Å². The van der Waals surface area contributed by atoms with Crippen molar-refractivity contribution >= 4 is 5.91 Å². The average molecular weight is 278 g/mol. The van der Waals surface area contributed by atoms with Crippen LogP contribution in [0.15, 0.2) is 18.2 Å². The number of ether oxygens (including phenoxy) is 1. The van der Waals surface area contributed by atoms with Crippen molar-refractivity contribution in [1.82, 2.24) is 10.6 Å². The van der Waals surface area contributed by atoms with Crippen molar-refractivity contribution in [3.8, 4) is 5.75 Å². The molecule has 0 aromatic heterocycles. The van der Waals surface area contributed by atoms with E-state index in [-0.39, 0.29) is 12.5 Å². The first-order valence-electron chi connectivity index (χ1n) is 7.16. The Kier molecular flexibility index (Phi) is 7.09. The molecular formula is C16H26N2O2. The number of nitrogens with one attached hydrogen (secondary N) is 2. The van der Waals surface area contributed by atoms with Gasteiger partial charge >= 0.3 is 0 Å². The van der Waals surface area contributed by atoms with Gasteiger partial charge in [0, 0.05) is 18.7 Å². The molecule has 20 heavy (non-hydrogen) atoms. The Balaban J connectivity index is 2.46. The molecule has 0 aliphatic carbocycles. The molecule has 4 heteroatoms. The molecule has 2 N–H and O–H groups in total. The summed E-state index contributed by atoms with van der Waals surface area (Å²) in [6.45, 7) is 7.82. The maximum Gasteiger partial charge on any atom is 0.257 e. The monoisotopic (exact) mass is 278 g/mol. The van der Waals surface area contributed by atoms with Crippen LogP contribution >= 0.6 is 0 Å². The molecule has 0 saturated carbocycles. The number of benzene rings is 1. The minimum atomic E-state index is -0.0679. The van der Waals surface area contributed by atoms with Gasteiger partial charge in [-0.2, -0.15) is 0 Å². The minimum Gasteiger partial charge on any atom is -0.483 e. The molecule has 112 valence electrons. The summed E-state index contributed by atoms with van der Waals surface area (Å²) < 4.78 is 5.61. The van der Waals surface area contributed by atoms with E-state index in [1.54, 1.807) is 0 Å². The van der Waals surface area contributed by atoms with E-state index in [0.717, 1.165) is 24.3 Å². The summed E-state index contributed by atoms with van der Waals surface area (Å²) in [7, 11) is 1.89. The van der Waals surface area contributed by atoms with E-state index in [1.807, 2.05) is 26.1 Å². The highest BCUT2D eigenvalue weighted by molar-refractivity contribution is 5.77. The lowest BCUT2D eigenvalue weighted by atomic mass is 10.1. The summed E-state index contributed by atoms with van der Waals surface area (Å²) in [4.78, 5) is 11.7. The van der Waals surface area contributed by atoms with E-state index in [9.17, 15) is 4.79 Å². The fourth-order valence-electron chi connectivity index (χ4n) is 1.87. The quantitative estimate of drug-likeness (QED) is 0.767. The standard InChI is InChI=1S/C16H26N2O2/c1-12(2)7-8-18-16(19)11-20-15-6-5-13(3)9-14(15)10-17-4/h5-6,9,12,17H,7-8,10-11H2,1-4H3,(H,18,19). The van der Waals surface area contributed by atoms with Crippen LogP contribution in [0, 0.1) is 12.8 Å². The van der Waals surface area contributed by atoms with E-state index in [1.165, 1.54) is 5.56 Å². The molecule has 0 aliphatic heterocycles. The third-order valence-electron chi connectivity index (χ3n) is 2.99. The molecule has 0 radical (unpaired) electrons. The van der Waals surface area contributed by atoms with Gasteiger partial charge in [-0.3, -0.25) is 4.79 Å². The van der Waals surface area contributed by atoms with E-state index in [2.05, 4.69) is 30.5 Å².